The Kier molecular flexibility index (Phi) is 5.04. The van der Waals surface area contributed by atoms with Crippen LogP contribution in [0.5, 0.6) is 0 Å². The van der Waals surface area contributed by atoms with Crippen molar-refractivity contribution in [1.29, 1.82) is 0 Å². The van der Waals surface area contributed by atoms with Gasteiger partial charge in [0.2, 0.25) is 0 Å². The van der Waals surface area contributed by atoms with Crippen molar-refractivity contribution in [2.75, 3.05) is 7.11 Å². The number of ether oxygens (including phenoxy) is 1. The SMILES string of the molecule is COC(=O)c1cc(Cl)cc(F)c1SCc1ccccc1. The highest BCUT2D eigenvalue weighted by molar-refractivity contribution is 7.98. The van der Waals surface area contributed by atoms with Gasteiger partial charge in [-0.15, -0.1) is 11.8 Å². The Hall–Kier alpha value is -1.52. The van der Waals surface area contributed by atoms with Gasteiger partial charge in [0.05, 0.1) is 17.6 Å². The van der Waals surface area contributed by atoms with Crippen molar-refractivity contribution >= 4 is 29.3 Å². The van der Waals surface area contributed by atoms with Gasteiger partial charge in [-0.25, -0.2) is 9.18 Å². The summed E-state index contributed by atoms with van der Waals surface area (Å²) in [6.45, 7) is 0. The summed E-state index contributed by atoms with van der Waals surface area (Å²) >= 11 is 7.03. The lowest BCUT2D eigenvalue weighted by atomic mass is 10.2. The molecule has 0 unspecified atom stereocenters. The lowest BCUT2D eigenvalue weighted by Crippen LogP contribution is -2.05. The standard InChI is InChI=1S/C15H12ClFO2S/c1-19-15(18)12-7-11(16)8-13(17)14(12)20-9-10-5-3-2-4-6-10/h2-8H,9H2,1H3. The van der Waals surface area contributed by atoms with Crippen LogP contribution in [0, 0.1) is 5.82 Å². The van der Waals surface area contributed by atoms with Gasteiger partial charge in [-0.3, -0.25) is 0 Å². The summed E-state index contributed by atoms with van der Waals surface area (Å²) in [7, 11) is 1.26. The van der Waals surface area contributed by atoms with Gasteiger partial charge in [0, 0.05) is 10.8 Å². The van der Waals surface area contributed by atoms with E-state index in [4.69, 9.17) is 11.6 Å². The van der Waals surface area contributed by atoms with E-state index in [0.29, 0.717) is 5.75 Å². The molecule has 0 aliphatic carbocycles. The van der Waals surface area contributed by atoms with E-state index in [1.807, 2.05) is 30.3 Å². The predicted octanol–water partition coefficient (Wildman–Crippen LogP) is 4.56. The number of hydrogen-bond acceptors (Lipinski definition) is 3. The molecule has 0 fully saturated rings. The van der Waals surface area contributed by atoms with E-state index in [1.54, 1.807) is 0 Å². The van der Waals surface area contributed by atoms with Crippen molar-refractivity contribution in [3.63, 3.8) is 0 Å². The van der Waals surface area contributed by atoms with Gasteiger partial charge in [-0.1, -0.05) is 41.9 Å². The third-order valence-corrected chi connectivity index (χ3v) is 4.04. The molecule has 0 spiro atoms. The maximum Gasteiger partial charge on any atom is 0.339 e. The van der Waals surface area contributed by atoms with Crippen molar-refractivity contribution in [3.8, 4) is 0 Å². The number of thioether (sulfide) groups is 1. The molecule has 0 aromatic heterocycles. The maximum absolute atomic E-state index is 14.0. The Morgan fingerprint density at radius 2 is 2.00 bits per heavy atom. The van der Waals surface area contributed by atoms with E-state index >= 15 is 0 Å². The van der Waals surface area contributed by atoms with Crippen molar-refractivity contribution in [2.45, 2.75) is 10.6 Å². The van der Waals surface area contributed by atoms with Crippen LogP contribution in [0.4, 0.5) is 4.39 Å². The molecule has 2 rings (SSSR count). The smallest absolute Gasteiger partial charge is 0.339 e. The summed E-state index contributed by atoms with van der Waals surface area (Å²) in [5.74, 6) is -0.551. The molecule has 0 saturated carbocycles. The zero-order valence-corrected chi connectivity index (χ0v) is 12.3. The average molecular weight is 311 g/mol. The minimum absolute atomic E-state index is 0.151. The second kappa shape index (κ2) is 6.77. The van der Waals surface area contributed by atoms with Crippen molar-refractivity contribution in [3.05, 3.63) is 64.4 Å². The van der Waals surface area contributed by atoms with Crippen LogP contribution in [0.3, 0.4) is 0 Å². The first-order chi connectivity index (χ1) is 9.61. The molecule has 0 aliphatic rings. The minimum Gasteiger partial charge on any atom is -0.465 e. The maximum atomic E-state index is 14.0. The number of methoxy groups -OCH3 is 1. The van der Waals surface area contributed by atoms with Crippen molar-refractivity contribution < 1.29 is 13.9 Å². The normalized spacial score (nSPS) is 10.3. The Balaban J connectivity index is 2.28. The highest BCUT2D eigenvalue weighted by atomic mass is 35.5. The fourth-order valence-electron chi connectivity index (χ4n) is 1.70. The van der Waals surface area contributed by atoms with Crippen LogP contribution < -0.4 is 0 Å². The Labute approximate surface area is 125 Å². The Morgan fingerprint density at radius 3 is 2.65 bits per heavy atom. The fourth-order valence-corrected chi connectivity index (χ4v) is 2.90. The first-order valence-corrected chi connectivity index (χ1v) is 7.22. The molecule has 2 aromatic rings. The molecule has 5 heteroatoms. The molecule has 0 N–H and O–H groups in total. The van der Waals surface area contributed by atoms with Crippen LogP contribution in [-0.4, -0.2) is 13.1 Å². The quantitative estimate of drug-likeness (QED) is 0.612. The van der Waals surface area contributed by atoms with Gasteiger partial charge in [-0.2, -0.15) is 0 Å². The molecule has 2 nitrogen and oxygen atoms in total. The second-order valence-electron chi connectivity index (χ2n) is 4.03. The number of carbonyl (C=O) groups is 1. The van der Waals surface area contributed by atoms with Gasteiger partial charge in [0.15, 0.2) is 0 Å². The van der Waals surface area contributed by atoms with Crippen LogP contribution in [0.2, 0.25) is 5.02 Å². The van der Waals surface area contributed by atoms with Crippen molar-refractivity contribution in [1.82, 2.24) is 0 Å². The van der Waals surface area contributed by atoms with Crippen LogP contribution >= 0.6 is 23.4 Å². The third-order valence-electron chi connectivity index (χ3n) is 2.64. The summed E-state index contributed by atoms with van der Waals surface area (Å²) in [5, 5.41) is 0.173. The first-order valence-electron chi connectivity index (χ1n) is 5.86. The average Bonchev–Trinajstić information content (AvgIpc) is 2.46. The van der Waals surface area contributed by atoms with E-state index in [-0.39, 0.29) is 15.5 Å². The van der Waals surface area contributed by atoms with Crippen LogP contribution in [0.15, 0.2) is 47.4 Å². The molecule has 0 bridgehead atoms. The molecular formula is C15H12ClFO2S. The van der Waals surface area contributed by atoms with E-state index in [1.165, 1.54) is 31.0 Å². The highest BCUT2D eigenvalue weighted by Crippen LogP contribution is 2.32. The number of hydrogen-bond donors (Lipinski definition) is 0. The monoisotopic (exact) mass is 310 g/mol. The van der Waals surface area contributed by atoms with Gasteiger partial charge < -0.3 is 4.74 Å². The number of halogens is 2. The predicted molar refractivity (Wildman–Crippen MR) is 78.8 cm³/mol. The number of carbonyl (C=O) groups excluding carboxylic acids is 1. The van der Waals surface area contributed by atoms with E-state index in [2.05, 4.69) is 4.74 Å². The summed E-state index contributed by atoms with van der Waals surface area (Å²) in [6, 6.07) is 12.2. The zero-order chi connectivity index (χ0) is 14.5. The fraction of sp³-hybridized carbons (Fsp3) is 0.133. The molecule has 20 heavy (non-hydrogen) atoms. The van der Waals surface area contributed by atoms with Gasteiger partial charge in [0.1, 0.15) is 5.82 Å². The van der Waals surface area contributed by atoms with Crippen LogP contribution in [0.25, 0.3) is 0 Å². The van der Waals surface area contributed by atoms with Crippen LogP contribution in [-0.2, 0) is 10.5 Å². The van der Waals surface area contributed by atoms with Gasteiger partial charge >= 0.3 is 5.97 Å². The molecule has 0 atom stereocenters. The minimum atomic E-state index is -0.595. The van der Waals surface area contributed by atoms with Crippen molar-refractivity contribution in [2.24, 2.45) is 0 Å². The lowest BCUT2D eigenvalue weighted by Gasteiger charge is -2.09. The molecule has 0 heterocycles. The third kappa shape index (κ3) is 3.52. The number of benzene rings is 2. The molecule has 0 aliphatic heterocycles. The molecule has 0 saturated heterocycles. The molecule has 104 valence electrons. The summed E-state index contributed by atoms with van der Waals surface area (Å²) in [4.78, 5) is 11.9. The topological polar surface area (TPSA) is 26.3 Å². The molecular weight excluding hydrogens is 299 g/mol. The summed E-state index contributed by atoms with van der Waals surface area (Å²) < 4.78 is 18.7. The summed E-state index contributed by atoms with van der Waals surface area (Å²) in [5.41, 5.74) is 1.20. The van der Waals surface area contributed by atoms with E-state index in [0.717, 1.165) is 5.56 Å². The zero-order valence-electron chi connectivity index (χ0n) is 10.7. The van der Waals surface area contributed by atoms with Crippen LogP contribution in [0.1, 0.15) is 15.9 Å². The van der Waals surface area contributed by atoms with E-state index in [9.17, 15) is 9.18 Å². The second-order valence-corrected chi connectivity index (χ2v) is 5.45. The highest BCUT2D eigenvalue weighted by Gasteiger charge is 2.18. The van der Waals surface area contributed by atoms with E-state index < -0.39 is 11.8 Å². The van der Waals surface area contributed by atoms with Gasteiger partial charge in [0.25, 0.3) is 0 Å². The summed E-state index contributed by atoms with van der Waals surface area (Å²) in [6.07, 6.45) is 0. The molecule has 0 radical (unpaired) electrons. The molecule has 0 amide bonds. The Bertz CT molecular complexity index is 617. The largest absolute Gasteiger partial charge is 0.465 e. The first kappa shape index (κ1) is 14.9. The number of esters is 1. The van der Waals surface area contributed by atoms with Gasteiger partial charge in [-0.05, 0) is 17.7 Å². The Morgan fingerprint density at radius 1 is 1.30 bits per heavy atom. The number of rotatable bonds is 4. The molecule has 2 aromatic carbocycles. The lowest BCUT2D eigenvalue weighted by molar-refractivity contribution is 0.0595.